The number of nitrogens with one attached hydrogen (secondary N) is 3. The molecule has 4 atom stereocenters. The Morgan fingerprint density at radius 3 is 1.57 bits per heavy atom. The number of hydrogen-bond acceptors (Lipinski definition) is 7. The number of aliphatic carboxylic acids is 1. The Hall–Kier alpha value is -4.90. The number of rotatable bonds is 15. The van der Waals surface area contributed by atoms with Gasteiger partial charge in [-0.2, -0.15) is 0 Å². The molecule has 3 amide bonds. The van der Waals surface area contributed by atoms with Gasteiger partial charge < -0.3 is 37.0 Å². The van der Waals surface area contributed by atoms with Crippen LogP contribution in [0.2, 0.25) is 0 Å². The topological polar surface area (TPSA) is 191 Å². The van der Waals surface area contributed by atoms with E-state index in [1.54, 1.807) is 54.6 Å². The summed E-state index contributed by atoms with van der Waals surface area (Å²) in [6, 6.07) is 16.7. The van der Waals surface area contributed by atoms with Crippen molar-refractivity contribution in [2.24, 2.45) is 11.7 Å². The van der Waals surface area contributed by atoms with E-state index in [-0.39, 0.29) is 43.1 Å². The normalized spacial score (nSPS) is 13.7. The van der Waals surface area contributed by atoms with Crippen LogP contribution in [0.3, 0.4) is 0 Å². The molecule has 3 rings (SSSR count). The van der Waals surface area contributed by atoms with Gasteiger partial charge in [0.05, 0.1) is 6.04 Å². The van der Waals surface area contributed by atoms with E-state index in [0.717, 1.165) is 5.56 Å². The molecule has 0 saturated carbocycles. The number of phenolic OH excluding ortho intramolecular Hbond substituents is 2. The third-order valence-corrected chi connectivity index (χ3v) is 6.98. The van der Waals surface area contributed by atoms with Crippen molar-refractivity contribution >= 4 is 23.7 Å². The largest absolute Gasteiger partial charge is 0.508 e. The number of benzene rings is 3. The molecule has 0 aliphatic carbocycles. The Labute approximate surface area is 256 Å². The molecule has 8 N–H and O–H groups in total. The van der Waals surface area contributed by atoms with Crippen LogP contribution in [0.5, 0.6) is 11.5 Å². The SMILES string of the molecule is CC(C)CC(NC(=O)C(N)Cc1ccc(O)cc1)C(=O)NC(Cc1ccc(O)cc1)C(=O)NC(Cc1ccccc1)C(=O)O. The lowest BCUT2D eigenvalue weighted by atomic mass is 9.99. The van der Waals surface area contributed by atoms with Gasteiger partial charge in [-0.15, -0.1) is 0 Å². The molecule has 0 spiro atoms. The number of carboxylic acids is 1. The highest BCUT2D eigenvalue weighted by atomic mass is 16.4. The van der Waals surface area contributed by atoms with Gasteiger partial charge in [0, 0.05) is 12.8 Å². The summed E-state index contributed by atoms with van der Waals surface area (Å²) >= 11 is 0. The Kier molecular flexibility index (Phi) is 12.3. The molecule has 0 aliphatic heterocycles. The van der Waals surface area contributed by atoms with E-state index in [4.69, 9.17) is 5.73 Å². The summed E-state index contributed by atoms with van der Waals surface area (Å²) in [4.78, 5) is 52.1. The van der Waals surface area contributed by atoms with Crippen molar-refractivity contribution in [2.45, 2.75) is 63.7 Å². The van der Waals surface area contributed by atoms with E-state index >= 15 is 0 Å². The number of carboxylic acid groups (broad SMARTS) is 1. The Balaban J connectivity index is 1.78. The molecule has 0 aliphatic rings. The highest BCUT2D eigenvalue weighted by Crippen LogP contribution is 2.14. The lowest BCUT2D eigenvalue weighted by Crippen LogP contribution is -2.58. The first-order chi connectivity index (χ1) is 20.9. The lowest BCUT2D eigenvalue weighted by Gasteiger charge is -2.26. The van der Waals surface area contributed by atoms with E-state index < -0.39 is 47.9 Å². The summed E-state index contributed by atoms with van der Waals surface area (Å²) in [6.07, 6.45) is 0.458. The van der Waals surface area contributed by atoms with Gasteiger partial charge in [-0.1, -0.05) is 68.4 Å². The Morgan fingerprint density at radius 2 is 1.05 bits per heavy atom. The first kappa shape index (κ1) is 33.6. The molecule has 3 aromatic carbocycles. The average Bonchev–Trinajstić information content (AvgIpc) is 2.98. The first-order valence-corrected chi connectivity index (χ1v) is 14.4. The lowest BCUT2D eigenvalue weighted by molar-refractivity contribution is -0.142. The number of amides is 3. The number of hydrogen-bond donors (Lipinski definition) is 7. The van der Waals surface area contributed by atoms with Crippen molar-refractivity contribution in [3.63, 3.8) is 0 Å². The summed E-state index contributed by atoms with van der Waals surface area (Å²) in [6.45, 7) is 3.76. The third kappa shape index (κ3) is 10.7. The molecule has 0 radical (unpaired) electrons. The predicted molar refractivity (Wildman–Crippen MR) is 165 cm³/mol. The van der Waals surface area contributed by atoms with Crippen molar-refractivity contribution in [2.75, 3.05) is 0 Å². The van der Waals surface area contributed by atoms with Gasteiger partial charge in [-0.05, 0) is 59.7 Å². The summed E-state index contributed by atoms with van der Waals surface area (Å²) < 4.78 is 0. The fourth-order valence-electron chi connectivity index (χ4n) is 4.63. The van der Waals surface area contributed by atoms with Gasteiger partial charge in [0.25, 0.3) is 0 Å². The minimum Gasteiger partial charge on any atom is -0.508 e. The summed E-state index contributed by atoms with van der Waals surface area (Å²) in [5.41, 5.74) is 8.18. The van der Waals surface area contributed by atoms with Gasteiger partial charge in [-0.25, -0.2) is 4.79 Å². The van der Waals surface area contributed by atoms with Crippen molar-refractivity contribution in [1.29, 1.82) is 0 Å². The van der Waals surface area contributed by atoms with Crippen molar-refractivity contribution in [1.82, 2.24) is 16.0 Å². The number of aromatic hydroxyl groups is 2. The summed E-state index contributed by atoms with van der Waals surface area (Å²) in [7, 11) is 0. The van der Waals surface area contributed by atoms with Gasteiger partial charge in [-0.3, -0.25) is 14.4 Å². The van der Waals surface area contributed by atoms with Crippen LogP contribution >= 0.6 is 0 Å². The second-order valence-corrected chi connectivity index (χ2v) is 11.2. The summed E-state index contributed by atoms with van der Waals surface area (Å²) in [5.74, 6) is -3.04. The zero-order chi connectivity index (χ0) is 32.2. The van der Waals surface area contributed by atoms with Crippen LogP contribution in [-0.2, 0) is 38.4 Å². The van der Waals surface area contributed by atoms with Gasteiger partial charge in [0.1, 0.15) is 29.6 Å². The first-order valence-electron chi connectivity index (χ1n) is 14.4. The van der Waals surface area contributed by atoms with Gasteiger partial charge in [0.15, 0.2) is 0 Å². The molecule has 0 heterocycles. The maximum absolute atomic E-state index is 13.6. The standard InChI is InChI=1S/C33H40N4O7/c1-20(2)16-27(35-30(40)26(34)17-22-8-12-24(38)13-9-22)31(41)36-28(18-23-10-14-25(39)15-11-23)32(42)37-29(33(43)44)19-21-6-4-3-5-7-21/h3-15,20,26-29,38-39H,16-19,34H2,1-2H3,(H,35,40)(H,36,41)(H,37,42)(H,43,44). The summed E-state index contributed by atoms with van der Waals surface area (Å²) in [5, 5.41) is 37.0. The van der Waals surface area contributed by atoms with Crippen LogP contribution in [-0.4, -0.2) is 63.2 Å². The molecule has 234 valence electrons. The van der Waals surface area contributed by atoms with Gasteiger partial charge >= 0.3 is 5.97 Å². The molecular formula is C33H40N4O7. The number of phenols is 2. The highest BCUT2D eigenvalue weighted by molar-refractivity contribution is 5.94. The molecule has 0 saturated heterocycles. The molecule has 3 aromatic rings. The second-order valence-electron chi connectivity index (χ2n) is 11.2. The number of nitrogens with two attached hydrogens (primary N) is 1. The van der Waals surface area contributed by atoms with Crippen LogP contribution < -0.4 is 21.7 Å². The van der Waals surface area contributed by atoms with E-state index in [1.807, 2.05) is 13.8 Å². The molecule has 0 fully saturated rings. The molecule has 11 nitrogen and oxygen atoms in total. The van der Waals surface area contributed by atoms with Crippen LogP contribution in [0.4, 0.5) is 0 Å². The van der Waals surface area contributed by atoms with Crippen LogP contribution in [0.25, 0.3) is 0 Å². The van der Waals surface area contributed by atoms with E-state index in [9.17, 15) is 34.5 Å². The predicted octanol–water partition coefficient (Wildman–Crippen LogP) is 2.04. The van der Waals surface area contributed by atoms with Crippen molar-refractivity contribution < 1.29 is 34.5 Å². The number of carbonyl (C=O) groups excluding carboxylic acids is 3. The molecule has 0 aromatic heterocycles. The zero-order valence-electron chi connectivity index (χ0n) is 24.8. The van der Waals surface area contributed by atoms with Crippen LogP contribution in [0, 0.1) is 5.92 Å². The monoisotopic (exact) mass is 604 g/mol. The molecule has 11 heteroatoms. The third-order valence-electron chi connectivity index (χ3n) is 6.98. The highest BCUT2D eigenvalue weighted by Gasteiger charge is 2.31. The molecular weight excluding hydrogens is 564 g/mol. The van der Waals surface area contributed by atoms with Gasteiger partial charge in [0.2, 0.25) is 17.7 Å². The van der Waals surface area contributed by atoms with Crippen molar-refractivity contribution in [3.8, 4) is 11.5 Å². The second kappa shape index (κ2) is 16.1. The Morgan fingerprint density at radius 1 is 0.614 bits per heavy atom. The van der Waals surface area contributed by atoms with E-state index in [1.165, 1.54) is 24.3 Å². The average molecular weight is 605 g/mol. The quantitative estimate of drug-likeness (QED) is 0.137. The fourth-order valence-corrected chi connectivity index (χ4v) is 4.63. The fraction of sp³-hybridized carbons (Fsp3) is 0.333. The van der Waals surface area contributed by atoms with Crippen LogP contribution in [0.15, 0.2) is 78.9 Å². The maximum Gasteiger partial charge on any atom is 0.326 e. The minimum atomic E-state index is -1.26. The Bertz CT molecular complexity index is 1400. The minimum absolute atomic E-state index is 0.00175. The molecule has 4 unspecified atom stereocenters. The van der Waals surface area contributed by atoms with E-state index in [0.29, 0.717) is 11.1 Å². The smallest absolute Gasteiger partial charge is 0.326 e. The number of carbonyl (C=O) groups is 4. The maximum atomic E-state index is 13.6. The molecule has 44 heavy (non-hydrogen) atoms. The van der Waals surface area contributed by atoms with Crippen molar-refractivity contribution in [3.05, 3.63) is 95.6 Å². The van der Waals surface area contributed by atoms with E-state index in [2.05, 4.69) is 16.0 Å². The zero-order valence-corrected chi connectivity index (χ0v) is 24.8. The molecule has 0 bridgehead atoms. The van der Waals surface area contributed by atoms with Crippen LogP contribution in [0.1, 0.15) is 37.0 Å².